The van der Waals surface area contributed by atoms with E-state index in [9.17, 15) is 4.79 Å². The summed E-state index contributed by atoms with van der Waals surface area (Å²) >= 11 is 0. The minimum Gasteiger partial charge on any atom is -0.493 e. The number of ether oxygens (including phenoxy) is 2. The van der Waals surface area contributed by atoms with Crippen LogP contribution in [0, 0.1) is 0 Å². The van der Waals surface area contributed by atoms with E-state index in [0.717, 1.165) is 55.6 Å². The topological polar surface area (TPSA) is 64.8 Å². The van der Waals surface area contributed by atoms with Crippen molar-refractivity contribution in [1.82, 2.24) is 10.1 Å². The molecule has 1 saturated heterocycles. The highest BCUT2D eigenvalue weighted by Gasteiger charge is 2.24. The smallest absolute Gasteiger partial charge is 0.167 e. The molecule has 0 radical (unpaired) electrons. The molecule has 0 aliphatic carbocycles. The molecule has 1 fully saturated rings. The lowest BCUT2D eigenvalue weighted by Gasteiger charge is -2.31. The van der Waals surface area contributed by atoms with E-state index in [1.165, 1.54) is 13.0 Å². The molecular weight excluding hydrogens is 380 g/mol. The first-order chi connectivity index (χ1) is 15.8. The van der Waals surface area contributed by atoms with E-state index in [1.807, 2.05) is 18.2 Å². The number of piperidine rings is 1. The molecule has 158 valence electrons. The van der Waals surface area contributed by atoms with Gasteiger partial charge in [-0.1, -0.05) is 17.3 Å². The summed E-state index contributed by atoms with van der Waals surface area (Å²) in [7, 11) is -2.62. The van der Waals surface area contributed by atoms with Crippen LogP contribution >= 0.6 is 0 Å². The predicted molar refractivity (Wildman–Crippen MR) is 116 cm³/mol. The fraction of sp³-hybridized carbons (Fsp3) is 0.417. The van der Waals surface area contributed by atoms with Crippen LogP contribution in [0.25, 0.3) is 11.0 Å². The van der Waals surface area contributed by atoms with Crippen molar-refractivity contribution in [3.05, 3.63) is 53.7 Å². The summed E-state index contributed by atoms with van der Waals surface area (Å²) in [6, 6.07) is 12.6. The molecule has 1 aromatic heterocycles. The van der Waals surface area contributed by atoms with Crippen LogP contribution in [-0.4, -0.2) is 49.1 Å². The van der Waals surface area contributed by atoms with Crippen LogP contribution in [-0.2, 0) is 0 Å². The van der Waals surface area contributed by atoms with Crippen molar-refractivity contribution >= 4 is 16.8 Å². The summed E-state index contributed by atoms with van der Waals surface area (Å²) in [5.41, 5.74) is 2.28. The van der Waals surface area contributed by atoms with Gasteiger partial charge in [-0.25, -0.2) is 0 Å². The Morgan fingerprint density at radius 3 is 2.87 bits per heavy atom. The first-order valence-electron chi connectivity index (χ1n) is 11.8. The van der Waals surface area contributed by atoms with Crippen molar-refractivity contribution in [3.63, 3.8) is 0 Å². The molecule has 1 aliphatic heterocycles. The second-order valence-corrected chi connectivity index (χ2v) is 7.70. The maximum Gasteiger partial charge on any atom is 0.167 e. The Bertz CT molecular complexity index is 1100. The maximum absolute atomic E-state index is 11.6. The molecule has 2 aromatic carbocycles. The number of nitrogens with zero attached hydrogens (tertiary/aromatic N) is 2. The summed E-state index contributed by atoms with van der Waals surface area (Å²) in [4.78, 5) is 14.0. The Balaban J connectivity index is 1.26. The Morgan fingerprint density at radius 1 is 1.23 bits per heavy atom. The van der Waals surface area contributed by atoms with Crippen LogP contribution in [0.3, 0.4) is 0 Å². The van der Waals surface area contributed by atoms with Gasteiger partial charge in [0.2, 0.25) is 0 Å². The van der Waals surface area contributed by atoms with Crippen molar-refractivity contribution in [2.45, 2.75) is 32.1 Å². The third kappa shape index (κ3) is 4.49. The molecule has 3 aromatic rings. The molecule has 1 aliphatic rings. The number of likely N-dealkylation sites (tertiary alicyclic amines) is 1. The number of hydrogen-bond acceptors (Lipinski definition) is 6. The molecule has 6 nitrogen and oxygen atoms in total. The number of carbonyl (C=O) groups is 1. The van der Waals surface area contributed by atoms with E-state index in [-0.39, 0.29) is 11.5 Å². The monoisotopic (exact) mass is 411 g/mol. The normalized spacial score (nSPS) is 17.3. The fourth-order valence-electron chi connectivity index (χ4n) is 4.03. The Labute approximate surface area is 181 Å². The van der Waals surface area contributed by atoms with Crippen molar-refractivity contribution in [3.8, 4) is 11.5 Å². The van der Waals surface area contributed by atoms with Crippen LogP contribution in [0.4, 0.5) is 0 Å². The number of benzene rings is 2. The van der Waals surface area contributed by atoms with E-state index < -0.39 is 7.04 Å². The largest absolute Gasteiger partial charge is 0.493 e. The zero-order valence-corrected chi connectivity index (χ0v) is 17.1. The minimum absolute atomic E-state index is 0.0587. The van der Waals surface area contributed by atoms with Gasteiger partial charge in [0.1, 0.15) is 0 Å². The van der Waals surface area contributed by atoms with Gasteiger partial charge in [0.05, 0.1) is 23.5 Å². The molecule has 0 unspecified atom stereocenters. The zero-order chi connectivity index (χ0) is 23.4. The summed E-state index contributed by atoms with van der Waals surface area (Å²) in [6.07, 6.45) is 2.85. The molecule has 0 atom stereocenters. The number of fused-ring (bicyclic) bond motifs is 1. The lowest BCUT2D eigenvalue weighted by molar-refractivity contribution is 0.101. The molecule has 0 N–H and O–H groups in total. The molecular formula is C24H28N2O4. The first-order valence-corrected chi connectivity index (χ1v) is 10.3. The SMILES string of the molecule is [2H]C([2H])([2H])Oc1cc(C(C)=O)ccc1OCCCN1CCC(c2noc3ccccc23)CC1. The maximum atomic E-state index is 11.6. The van der Waals surface area contributed by atoms with Gasteiger partial charge in [0.15, 0.2) is 22.9 Å². The second-order valence-electron chi connectivity index (χ2n) is 7.70. The van der Waals surface area contributed by atoms with E-state index in [4.69, 9.17) is 18.1 Å². The average molecular weight is 412 g/mol. The lowest BCUT2D eigenvalue weighted by atomic mass is 9.91. The van der Waals surface area contributed by atoms with Crippen LogP contribution in [0.2, 0.25) is 0 Å². The zero-order valence-electron chi connectivity index (χ0n) is 20.1. The molecule has 0 saturated carbocycles. The van der Waals surface area contributed by atoms with Gasteiger partial charge in [-0.15, -0.1) is 0 Å². The lowest BCUT2D eigenvalue weighted by Crippen LogP contribution is -2.34. The molecule has 0 spiro atoms. The Kier molecular flexibility index (Phi) is 5.24. The van der Waals surface area contributed by atoms with Crippen LogP contribution < -0.4 is 9.47 Å². The van der Waals surface area contributed by atoms with E-state index in [0.29, 0.717) is 23.8 Å². The summed E-state index contributed by atoms with van der Waals surface area (Å²) in [6.45, 7) is 4.68. The number of para-hydroxylation sites is 1. The first kappa shape index (κ1) is 16.9. The minimum atomic E-state index is -2.62. The molecule has 30 heavy (non-hydrogen) atoms. The van der Waals surface area contributed by atoms with E-state index >= 15 is 0 Å². The standard InChI is InChI=1S/C24H28N2O4/c1-17(27)19-8-9-22(23(16-19)28-2)29-15-5-12-26-13-10-18(11-14-26)24-20-6-3-4-7-21(20)30-25-24/h3-4,6-9,16,18H,5,10-15H2,1-2H3/i2D3. The number of ketones is 1. The Morgan fingerprint density at radius 2 is 2.07 bits per heavy atom. The number of carbonyl (C=O) groups excluding carboxylic acids is 1. The molecule has 6 heteroatoms. The van der Waals surface area contributed by atoms with E-state index in [1.54, 1.807) is 12.1 Å². The van der Waals surface area contributed by atoms with Crippen molar-refractivity contribution in [2.75, 3.05) is 33.3 Å². The van der Waals surface area contributed by atoms with Gasteiger partial charge >= 0.3 is 0 Å². The third-order valence-corrected chi connectivity index (χ3v) is 5.72. The average Bonchev–Trinajstić information content (AvgIpc) is 3.21. The van der Waals surface area contributed by atoms with Crippen LogP contribution in [0.1, 0.15) is 52.3 Å². The summed E-state index contributed by atoms with van der Waals surface area (Å²) in [5.74, 6) is 0.621. The molecule has 2 heterocycles. The van der Waals surface area contributed by atoms with Gasteiger partial charge in [0, 0.05) is 23.4 Å². The number of hydrogen-bond donors (Lipinski definition) is 0. The van der Waals surface area contributed by atoms with Gasteiger partial charge in [0.25, 0.3) is 0 Å². The number of Topliss-reactive ketones (excluding diaryl/α,β-unsaturated/α-hetero) is 1. The second kappa shape index (κ2) is 9.30. The molecule has 0 bridgehead atoms. The summed E-state index contributed by atoms with van der Waals surface area (Å²) < 4.78 is 38.4. The van der Waals surface area contributed by atoms with Gasteiger partial charge in [-0.05, 0) is 69.6 Å². The number of rotatable bonds is 8. The quantitative estimate of drug-likeness (QED) is 0.396. The van der Waals surface area contributed by atoms with Crippen LogP contribution in [0.15, 0.2) is 47.0 Å². The van der Waals surface area contributed by atoms with Gasteiger partial charge < -0.3 is 18.9 Å². The van der Waals surface area contributed by atoms with Crippen molar-refractivity contribution in [2.24, 2.45) is 0 Å². The van der Waals surface area contributed by atoms with Gasteiger partial charge in [-0.3, -0.25) is 4.79 Å². The fourth-order valence-corrected chi connectivity index (χ4v) is 4.03. The number of aromatic nitrogens is 1. The van der Waals surface area contributed by atoms with Crippen molar-refractivity contribution in [1.29, 1.82) is 0 Å². The predicted octanol–water partition coefficient (Wildman–Crippen LogP) is 4.69. The Hall–Kier alpha value is -2.86. The van der Waals surface area contributed by atoms with Crippen molar-refractivity contribution < 1.29 is 22.9 Å². The third-order valence-electron chi connectivity index (χ3n) is 5.72. The van der Waals surface area contributed by atoms with E-state index in [2.05, 4.69) is 16.1 Å². The summed E-state index contributed by atoms with van der Waals surface area (Å²) in [5, 5.41) is 5.42. The molecule has 0 amide bonds. The highest BCUT2D eigenvalue weighted by atomic mass is 16.5. The molecule has 4 rings (SSSR count). The highest BCUT2D eigenvalue weighted by molar-refractivity contribution is 5.94. The number of methoxy groups -OCH3 is 1. The van der Waals surface area contributed by atoms with Crippen LogP contribution in [0.5, 0.6) is 11.5 Å². The van der Waals surface area contributed by atoms with Gasteiger partial charge in [-0.2, -0.15) is 0 Å². The highest BCUT2D eigenvalue weighted by Crippen LogP contribution is 2.32.